The Bertz CT molecular complexity index is 3270. The highest BCUT2D eigenvalue weighted by molar-refractivity contribution is 6.00. The Morgan fingerprint density at radius 1 is 0.422 bits per heavy atom. The molecule has 0 aliphatic heterocycles. The highest BCUT2D eigenvalue weighted by atomic mass is 16.4. The molecule has 43 nitrogen and oxygen atoms in total. The Morgan fingerprint density at radius 2 is 0.807 bits per heavy atom. The van der Waals surface area contributed by atoms with Crippen LogP contribution in [-0.2, 0) is 83.1 Å². The first-order valence-corrected chi connectivity index (χ1v) is 35.6. The number of aliphatic hydroxyl groups is 2. The van der Waals surface area contributed by atoms with Crippen LogP contribution in [0.4, 0.5) is 0 Å². The summed E-state index contributed by atoms with van der Waals surface area (Å²) in [5, 5.41) is 61.7. The Labute approximate surface area is 630 Å². The smallest absolute Gasteiger partial charge is 0.326 e. The summed E-state index contributed by atoms with van der Waals surface area (Å²) in [4.78, 5) is 221. The lowest BCUT2D eigenvalue weighted by Crippen LogP contribution is -2.60. The van der Waals surface area contributed by atoms with Gasteiger partial charge in [-0.25, -0.2) is 4.79 Å². The summed E-state index contributed by atoms with van der Waals surface area (Å²) in [6, 6.07) is -10.8. The molecule has 14 atom stereocenters. The van der Waals surface area contributed by atoms with Gasteiger partial charge in [-0.05, 0) is 136 Å². The summed E-state index contributed by atoms with van der Waals surface area (Å²) in [5.41, 5.74) is 50.7. The molecule has 0 radical (unpaired) electrons. The van der Waals surface area contributed by atoms with E-state index in [9.17, 15) is 92.0 Å². The number of unbranched alkanes of at least 4 members (excludes halogenated alkanes) is 2. The van der Waals surface area contributed by atoms with Crippen molar-refractivity contribution in [3.05, 3.63) is 35.9 Å². The second-order valence-electron chi connectivity index (χ2n) is 26.3. The average molecular weight is 1550 g/mol. The molecule has 0 saturated carbocycles. The van der Waals surface area contributed by atoms with E-state index in [1.165, 1.54) is 27.7 Å². The van der Waals surface area contributed by atoms with Gasteiger partial charge in [-0.3, -0.25) is 81.9 Å². The van der Waals surface area contributed by atoms with Crippen LogP contribution in [0.1, 0.15) is 137 Å². The molecular weight excluding hydrogens is 1430 g/mol. The fourth-order valence-corrected chi connectivity index (χ4v) is 10.2. The molecule has 0 spiro atoms. The molecule has 0 unspecified atom stereocenters. The van der Waals surface area contributed by atoms with Crippen LogP contribution in [0.3, 0.4) is 0 Å². The third-order valence-electron chi connectivity index (χ3n) is 16.2. The minimum absolute atomic E-state index is 0.0329. The van der Waals surface area contributed by atoms with E-state index in [2.05, 4.69) is 79.1 Å². The predicted molar refractivity (Wildman–Crippen MR) is 395 cm³/mol. The lowest BCUT2D eigenvalue weighted by atomic mass is 10.0. The van der Waals surface area contributed by atoms with E-state index in [0.717, 1.165) is 5.56 Å². The van der Waals surface area contributed by atoms with Crippen LogP contribution in [0.5, 0.6) is 0 Å². The zero-order valence-corrected chi connectivity index (χ0v) is 62.4. The quantitative estimate of drug-likeness (QED) is 0.0164. The van der Waals surface area contributed by atoms with Crippen molar-refractivity contribution in [2.45, 2.75) is 223 Å². The molecular formula is C66H114N24O19. The first kappa shape index (κ1) is 96.1. The summed E-state index contributed by atoms with van der Waals surface area (Å²) < 4.78 is 0. The van der Waals surface area contributed by atoms with E-state index in [1.807, 2.05) is 0 Å². The van der Waals surface area contributed by atoms with Crippen LogP contribution in [0.25, 0.3) is 0 Å². The molecule has 0 heterocycles. The Balaban J connectivity index is 3.40. The molecule has 43 heteroatoms. The second-order valence-corrected chi connectivity index (χ2v) is 26.3. The molecule has 0 aliphatic rings. The molecule has 1 rings (SSSR count). The highest BCUT2D eigenvalue weighted by Gasteiger charge is 2.37. The molecule has 0 fully saturated rings. The number of primary amides is 2. The number of carboxylic acids is 1. The molecule has 15 amide bonds. The van der Waals surface area contributed by atoms with Crippen molar-refractivity contribution in [1.82, 2.24) is 69.1 Å². The van der Waals surface area contributed by atoms with E-state index < -0.39 is 212 Å². The van der Waals surface area contributed by atoms with Gasteiger partial charge in [0.2, 0.25) is 88.6 Å². The molecule has 612 valence electrons. The summed E-state index contributed by atoms with van der Waals surface area (Å²) in [6.07, 6.45) is -2.40. The van der Waals surface area contributed by atoms with Gasteiger partial charge in [0, 0.05) is 19.5 Å². The van der Waals surface area contributed by atoms with Gasteiger partial charge in [0.15, 0.2) is 11.9 Å². The Hall–Kier alpha value is -10.9. The van der Waals surface area contributed by atoms with Crippen molar-refractivity contribution in [1.29, 1.82) is 0 Å². The van der Waals surface area contributed by atoms with Crippen molar-refractivity contribution in [3.63, 3.8) is 0 Å². The van der Waals surface area contributed by atoms with E-state index in [-0.39, 0.29) is 108 Å². The SMILES string of the molecule is CC(C)C[C@H](NC(=O)[C@H](CCCCN)NC(=O)[C@H](CCCN=C(N)N)NC(=O)[C@H](C)NC(=O)[C@H](CO)NC(=O)[C@H](CCCCN)NC(=O)[C@H](CCCN=C(N)N)NC(=O)[C@H](C)NC(=O)CNC(=O)[C@@H](NC(=O)[C@@H](N)Cc1ccccc1)[C@@H](C)O)C(=O)N[C@@H](C)C(=O)N[C@@H](CC(N)=O)C(=O)N[C@@H](CCC(N)=O)C(=O)O. The minimum Gasteiger partial charge on any atom is -0.480 e. The first-order chi connectivity index (χ1) is 51.2. The van der Waals surface area contributed by atoms with E-state index in [1.54, 1.807) is 44.2 Å². The number of aliphatic hydroxyl groups excluding tert-OH is 2. The van der Waals surface area contributed by atoms with E-state index in [0.29, 0.717) is 12.8 Å². The van der Waals surface area contributed by atoms with Crippen molar-refractivity contribution >= 4 is 106 Å². The number of guanidine groups is 2. The number of benzene rings is 1. The van der Waals surface area contributed by atoms with Crippen LogP contribution < -0.4 is 121 Å². The van der Waals surface area contributed by atoms with Crippen molar-refractivity contribution in [2.24, 2.45) is 67.5 Å². The summed E-state index contributed by atoms with van der Waals surface area (Å²) in [5.74, 6) is -17.1. The van der Waals surface area contributed by atoms with Crippen LogP contribution >= 0.6 is 0 Å². The van der Waals surface area contributed by atoms with Gasteiger partial charge in [-0.1, -0.05) is 44.2 Å². The molecule has 0 aliphatic carbocycles. The maximum absolute atomic E-state index is 14.4. The predicted octanol–water partition coefficient (Wildman–Crippen LogP) is -10.4. The number of nitrogens with one attached hydrogen (secondary N) is 13. The van der Waals surface area contributed by atoms with Crippen molar-refractivity contribution in [3.8, 4) is 0 Å². The van der Waals surface area contributed by atoms with Gasteiger partial charge in [0.1, 0.15) is 72.5 Å². The van der Waals surface area contributed by atoms with Gasteiger partial charge in [-0.2, -0.15) is 0 Å². The number of aliphatic carboxylic acids is 1. The number of carbonyl (C=O) groups is 16. The third-order valence-corrected chi connectivity index (χ3v) is 16.2. The van der Waals surface area contributed by atoms with E-state index in [4.69, 9.17) is 51.6 Å². The molecule has 0 aromatic heterocycles. The summed E-state index contributed by atoms with van der Waals surface area (Å²) >= 11 is 0. The lowest BCUT2D eigenvalue weighted by Gasteiger charge is -2.28. The maximum atomic E-state index is 14.4. The molecule has 34 N–H and O–H groups in total. The Kier molecular flexibility index (Phi) is 45.3. The number of hydrogen-bond donors (Lipinski definition) is 25. The van der Waals surface area contributed by atoms with Gasteiger partial charge < -0.3 is 136 Å². The monoisotopic (exact) mass is 1550 g/mol. The van der Waals surface area contributed by atoms with Gasteiger partial charge in [0.05, 0.1) is 31.7 Å². The lowest BCUT2D eigenvalue weighted by molar-refractivity contribution is -0.143. The zero-order valence-electron chi connectivity index (χ0n) is 62.4. The number of carbonyl (C=O) groups excluding carboxylic acids is 15. The van der Waals surface area contributed by atoms with E-state index >= 15 is 0 Å². The van der Waals surface area contributed by atoms with Crippen LogP contribution in [0.2, 0.25) is 0 Å². The number of rotatable bonds is 54. The molecule has 1 aromatic carbocycles. The third kappa shape index (κ3) is 39.5. The van der Waals surface area contributed by atoms with Crippen LogP contribution in [0, 0.1) is 5.92 Å². The van der Waals surface area contributed by atoms with Crippen LogP contribution in [0.15, 0.2) is 40.3 Å². The van der Waals surface area contributed by atoms with Crippen LogP contribution in [-0.4, -0.2) is 246 Å². The first-order valence-electron chi connectivity index (χ1n) is 35.6. The largest absolute Gasteiger partial charge is 0.480 e. The Morgan fingerprint density at radius 3 is 1.21 bits per heavy atom. The summed E-state index contributed by atoms with van der Waals surface area (Å²) in [6.45, 7) is 6.68. The highest BCUT2D eigenvalue weighted by Crippen LogP contribution is 2.12. The molecule has 0 saturated heterocycles. The van der Waals surface area contributed by atoms with Crippen molar-refractivity contribution < 1.29 is 92.0 Å². The topological polar surface area (TPSA) is 749 Å². The molecule has 1 aromatic rings. The van der Waals surface area contributed by atoms with Gasteiger partial charge in [0.25, 0.3) is 0 Å². The maximum Gasteiger partial charge on any atom is 0.326 e. The zero-order chi connectivity index (χ0) is 82.6. The number of nitrogens with zero attached hydrogens (tertiary/aromatic N) is 2. The fourth-order valence-electron chi connectivity index (χ4n) is 10.2. The van der Waals surface area contributed by atoms with Crippen molar-refractivity contribution in [2.75, 3.05) is 39.3 Å². The van der Waals surface area contributed by atoms with Gasteiger partial charge >= 0.3 is 5.97 Å². The molecule has 109 heavy (non-hydrogen) atoms. The standard InChI is InChI=1S/C66H114N24O19/c1-33(2)28-45(60(104)80-36(5)54(98)87-46(30-49(71)94)61(105)86-44(64(108)109)22-23-48(70)93)88-58(102)40(18-10-12-24-67)84-57(101)43(21-15-27-77-66(74)75)83-53(97)35(4)81-62(106)47(32-91)89-59(103)41(19-11-13-25-68)85-56(100)42(20-14-26-76-65(72)73)82-52(96)34(3)79-50(95)31-78-63(107)51(37(6)92)90-55(99)39(69)29-38-16-8-7-9-17-38/h7-9,16-17,33-37,39-47,51,91-92H,10-15,18-32,67-69H2,1-6H3,(H2,70,93)(H2,71,94)(H,78,107)(H,79,95)(H,80,104)(H,81,106)(H,82,96)(H,83,97)(H,84,101)(H,85,100)(H,86,105)(H,87,98)(H,88,102)(H,89,103)(H,90,99)(H,108,109)(H4,72,73,76)(H4,74,75,77)/t34-,35-,36-,37+,39-,40-,41-,42-,43-,44-,45-,46-,47-,51-/m0/s1. The summed E-state index contributed by atoms with van der Waals surface area (Å²) in [7, 11) is 0. The number of amides is 15. The normalized spacial score (nSPS) is 14.8. The average Bonchev–Trinajstić information content (AvgIpc) is 0.867. The second kappa shape index (κ2) is 51.4. The minimum atomic E-state index is -1.81. The van der Waals surface area contributed by atoms with Gasteiger partial charge in [-0.15, -0.1) is 0 Å². The number of nitrogens with two attached hydrogens (primary N) is 9. The number of carboxylic acid groups (broad SMARTS) is 1. The molecule has 0 bridgehead atoms. The fraction of sp³-hybridized carbons (Fsp3) is 0.636. The number of hydrogen-bond acceptors (Lipinski definition) is 23. The number of aliphatic imine (C=N–C) groups is 2.